The van der Waals surface area contributed by atoms with Gasteiger partial charge in [0.25, 0.3) is 0 Å². The number of benzene rings is 18. The Labute approximate surface area is 848 Å². The molecule has 0 aliphatic heterocycles. The van der Waals surface area contributed by atoms with E-state index in [1.54, 1.807) is 0 Å². The lowest BCUT2D eigenvalue weighted by molar-refractivity contribution is 0.944. The molecular weight excluding hydrogens is 1810 g/mol. The van der Waals surface area contributed by atoms with E-state index in [9.17, 15) is 0 Å². The molecule has 12 heterocycles. The van der Waals surface area contributed by atoms with Gasteiger partial charge in [0, 0.05) is 156 Å². The van der Waals surface area contributed by atoms with Gasteiger partial charge in [0.2, 0.25) is 11.9 Å². The van der Waals surface area contributed by atoms with Gasteiger partial charge in [-0.25, -0.2) is 39.9 Å². The molecule has 0 radical (unpaired) electrons. The molecule has 0 spiro atoms. The molecule has 0 N–H and O–H groups in total. The zero-order valence-corrected chi connectivity index (χ0v) is 79.7. The fourth-order valence-electron chi connectivity index (χ4n) is 21.6. The molecule has 0 aliphatic carbocycles. The lowest BCUT2D eigenvalue weighted by Gasteiger charge is -2.12. The summed E-state index contributed by atoms with van der Waals surface area (Å²) in [4.78, 5) is 50.9. The van der Waals surface area contributed by atoms with Crippen LogP contribution in [0.3, 0.4) is 0 Å². The lowest BCUT2D eigenvalue weighted by Crippen LogP contribution is -2.07. The number of hydrogen-bond donors (Lipinski definition) is 0. The molecule has 0 atom stereocenters. The molecule has 18 aromatic carbocycles. The molecule has 0 bridgehead atoms. The van der Waals surface area contributed by atoms with Gasteiger partial charge < -0.3 is 13.7 Å². The second-order valence-electron chi connectivity index (χ2n) is 37.0. The first kappa shape index (κ1) is 85.6. The van der Waals surface area contributed by atoms with Crippen LogP contribution >= 0.6 is 0 Å². The summed E-state index contributed by atoms with van der Waals surface area (Å²) in [5.74, 6) is 3.81. The molecule has 0 aliphatic rings. The Bertz CT molecular complexity index is 9910. The van der Waals surface area contributed by atoms with Gasteiger partial charge in [-0.05, 0) is 150 Å². The van der Waals surface area contributed by atoms with Crippen LogP contribution in [0.1, 0.15) is 0 Å². The van der Waals surface area contributed by atoms with Crippen LogP contribution < -0.4 is 0 Å². The summed E-state index contributed by atoms with van der Waals surface area (Å²) in [6.07, 6.45) is 5.94. The minimum atomic E-state index is 0.527. The molecular formula is C132H84N16. The van der Waals surface area contributed by atoms with E-state index >= 15 is 0 Å². The van der Waals surface area contributed by atoms with E-state index in [0.29, 0.717) is 29.4 Å². The smallest absolute Gasteiger partial charge is 0.240 e. The van der Waals surface area contributed by atoms with Crippen LogP contribution in [0.4, 0.5) is 0 Å². The minimum absolute atomic E-state index is 0.527. The van der Waals surface area contributed by atoms with Crippen LogP contribution in [0.2, 0.25) is 0 Å². The summed E-state index contributed by atoms with van der Waals surface area (Å²) >= 11 is 0. The Kier molecular flexibility index (Phi) is 20.8. The molecule has 0 unspecified atom stereocenters. The summed E-state index contributed by atoms with van der Waals surface area (Å²) in [5.41, 5.74) is 30.2. The van der Waals surface area contributed by atoms with Crippen LogP contribution in [0.5, 0.6) is 0 Å². The van der Waals surface area contributed by atoms with Gasteiger partial charge in [0.1, 0.15) is 22.8 Å². The molecule has 16 heteroatoms. The Morgan fingerprint density at radius 3 is 0.791 bits per heavy atom. The molecule has 30 rings (SSSR count). The van der Waals surface area contributed by atoms with E-state index in [2.05, 4.69) is 385 Å². The number of hydrogen-bond acceptors (Lipinski definition) is 10. The van der Waals surface area contributed by atoms with Crippen LogP contribution in [0, 0.1) is 0 Å². The van der Waals surface area contributed by atoms with Crippen molar-refractivity contribution in [1.82, 2.24) is 77.2 Å². The standard InChI is InChI=1S/C45H29N5.C44H28N6.C43H27N5/c1-4-14-30(15-5-1)39-28-43(48-44(47-39)31-16-6-2-7-17-31)50-41-23-13-11-21-36(41)38-27-33(29-46-45(38)50)32-24-25-42-37(26-32)35-20-10-12-22-40(35)49(42)34-18-8-3-9-19-34;1-4-14-29(15-5-1)41-46-42(30-16-6-2-7-17-30)48-44(47-41)50-39-23-13-11-21-35(39)37-27-32(28-45-43(37)50)31-24-25-40-36(26-31)34-20-10-12-22-38(34)49(40)33-18-8-3-9-19-33;1-3-13-28(14-4-1)41-34-19-7-10-20-37(34)45-43(46-41)48-39-22-12-9-18-33(39)36-26-30(27-44-42(36)48)29-23-24-40-35(25-29)32-17-8-11-21-38(32)47(40)31-15-5-2-6-16-31/h1-29H;1-28H;1-27H. The first-order valence-corrected chi connectivity index (χ1v) is 49.6. The van der Waals surface area contributed by atoms with Gasteiger partial charge in [-0.3, -0.25) is 13.7 Å². The van der Waals surface area contributed by atoms with Crippen molar-refractivity contribution >= 4 is 142 Å². The van der Waals surface area contributed by atoms with Gasteiger partial charge >= 0.3 is 0 Å². The first-order chi connectivity index (χ1) is 73.4. The zero-order chi connectivity index (χ0) is 97.6. The number of nitrogens with zero attached hydrogens (tertiary/aromatic N) is 16. The number of aromatic nitrogens is 16. The monoisotopic (exact) mass is 1890 g/mol. The molecule has 0 fully saturated rings. The van der Waals surface area contributed by atoms with Crippen molar-refractivity contribution < 1.29 is 0 Å². The summed E-state index contributed by atoms with van der Waals surface area (Å²) in [5, 5.41) is 14.8. The third-order valence-electron chi connectivity index (χ3n) is 28.4. The highest BCUT2D eigenvalue weighted by Crippen LogP contribution is 2.45. The van der Waals surface area contributed by atoms with Crippen LogP contribution in [-0.4, -0.2) is 77.2 Å². The molecule has 692 valence electrons. The van der Waals surface area contributed by atoms with Crippen molar-refractivity contribution in [2.75, 3.05) is 0 Å². The third kappa shape index (κ3) is 14.8. The van der Waals surface area contributed by atoms with E-state index in [-0.39, 0.29) is 0 Å². The predicted molar refractivity (Wildman–Crippen MR) is 604 cm³/mol. The van der Waals surface area contributed by atoms with Crippen LogP contribution in [0.15, 0.2) is 510 Å². The van der Waals surface area contributed by atoms with E-state index < -0.39 is 0 Å². The second kappa shape index (κ2) is 36.0. The average Bonchev–Trinajstić information content (AvgIpc) is 1.59. The van der Waals surface area contributed by atoms with Gasteiger partial charge in [0.15, 0.2) is 17.5 Å². The van der Waals surface area contributed by atoms with Crippen LogP contribution in [0.25, 0.3) is 267 Å². The van der Waals surface area contributed by atoms with Gasteiger partial charge in [0.05, 0.1) is 66.6 Å². The van der Waals surface area contributed by atoms with Crippen molar-refractivity contribution in [3.8, 4) is 125 Å². The van der Waals surface area contributed by atoms with Crippen molar-refractivity contribution in [2.24, 2.45) is 0 Å². The fraction of sp³-hybridized carbons (Fsp3) is 0. The molecule has 0 saturated carbocycles. The molecule has 16 nitrogen and oxygen atoms in total. The number of pyridine rings is 3. The largest absolute Gasteiger partial charge is 0.309 e. The Hall–Kier alpha value is -20.4. The zero-order valence-electron chi connectivity index (χ0n) is 79.7. The maximum Gasteiger partial charge on any atom is 0.240 e. The maximum atomic E-state index is 5.19. The van der Waals surface area contributed by atoms with Gasteiger partial charge in [-0.1, -0.05) is 352 Å². The van der Waals surface area contributed by atoms with E-state index in [4.69, 9.17) is 49.8 Å². The van der Waals surface area contributed by atoms with Gasteiger partial charge in [-0.2, -0.15) is 9.97 Å². The Morgan fingerprint density at radius 2 is 0.419 bits per heavy atom. The first-order valence-electron chi connectivity index (χ1n) is 49.6. The van der Waals surface area contributed by atoms with E-state index in [1.807, 2.05) is 152 Å². The summed E-state index contributed by atoms with van der Waals surface area (Å²) in [6.45, 7) is 0. The van der Waals surface area contributed by atoms with Crippen LogP contribution in [-0.2, 0) is 0 Å². The molecule has 0 amide bonds. The Morgan fingerprint density at radius 1 is 0.149 bits per heavy atom. The highest BCUT2D eigenvalue weighted by atomic mass is 15.2. The molecule has 148 heavy (non-hydrogen) atoms. The quantitative estimate of drug-likeness (QED) is 0.103. The van der Waals surface area contributed by atoms with Crippen molar-refractivity contribution in [2.45, 2.75) is 0 Å². The Balaban J connectivity index is 0.000000107. The number of para-hydroxylation sites is 10. The average molecular weight is 1890 g/mol. The number of rotatable bonds is 14. The normalized spacial score (nSPS) is 11.6. The predicted octanol–water partition coefficient (Wildman–Crippen LogP) is 32.1. The number of fused-ring (bicyclic) bond motifs is 19. The molecule has 30 aromatic rings. The van der Waals surface area contributed by atoms with Crippen molar-refractivity contribution in [3.05, 3.63) is 510 Å². The molecule has 12 aromatic heterocycles. The van der Waals surface area contributed by atoms with E-state index in [0.717, 1.165) is 172 Å². The van der Waals surface area contributed by atoms with E-state index in [1.165, 1.54) is 65.4 Å². The molecule has 0 saturated heterocycles. The summed E-state index contributed by atoms with van der Waals surface area (Å²) in [7, 11) is 0. The minimum Gasteiger partial charge on any atom is -0.309 e. The lowest BCUT2D eigenvalue weighted by atomic mass is 10.0. The highest BCUT2D eigenvalue weighted by molar-refractivity contribution is 6.16. The van der Waals surface area contributed by atoms with Gasteiger partial charge in [-0.15, -0.1) is 0 Å². The fourth-order valence-corrected chi connectivity index (χ4v) is 21.6. The topological polar surface area (TPSA) is 158 Å². The summed E-state index contributed by atoms with van der Waals surface area (Å²) in [6, 6.07) is 171. The SMILES string of the molecule is c1ccc(-c2cc(-n3c4ccccc4c4cc(-c5ccc6c(c5)c5ccccc5n6-c5ccccc5)cnc43)nc(-c3ccccc3)n2)cc1.c1ccc(-c2nc(-c3ccccc3)nc(-n3c4ccccc4c4cc(-c5ccc6c(c5)c5ccccc5n6-c5ccccc5)cnc43)n2)cc1.c1ccc(-c2nc(-n3c4ccccc4c4cc(-c5ccc6c(c5)c5ccccc5n6-c5ccccc5)cnc43)nc3ccccc23)cc1. The second-order valence-corrected chi connectivity index (χ2v) is 37.0. The summed E-state index contributed by atoms with van der Waals surface area (Å²) < 4.78 is 13.4. The highest BCUT2D eigenvalue weighted by Gasteiger charge is 2.27. The van der Waals surface area contributed by atoms with Crippen molar-refractivity contribution in [1.29, 1.82) is 0 Å². The van der Waals surface area contributed by atoms with Crippen molar-refractivity contribution in [3.63, 3.8) is 0 Å². The third-order valence-corrected chi connectivity index (χ3v) is 28.4. The maximum absolute atomic E-state index is 5.19.